The summed E-state index contributed by atoms with van der Waals surface area (Å²) in [6, 6.07) is 4.10. The molecule has 12 nitrogen and oxygen atoms in total. The van der Waals surface area contributed by atoms with E-state index in [1.807, 2.05) is 35.9 Å². The van der Waals surface area contributed by atoms with Crippen LogP contribution in [0.1, 0.15) is 55.7 Å². The van der Waals surface area contributed by atoms with E-state index in [0.29, 0.717) is 74.4 Å². The van der Waals surface area contributed by atoms with E-state index in [4.69, 9.17) is 0 Å². The lowest BCUT2D eigenvalue weighted by Gasteiger charge is -2.39. The summed E-state index contributed by atoms with van der Waals surface area (Å²) in [6.45, 7) is 1.49. The minimum Gasteiger partial charge on any atom is -0.370 e. The first-order chi connectivity index (χ1) is 21.6. The standard InChI is InChI=1S/C31H35FN10O2S/c1-39(2)21-31(32)10-13-40(14-11-31)27-15-29(34-17-23(27)4-3-22-16-35-41(19-22)25-5-6-25)37-28-9-12-33-30(38-28)24-18-36-42(20-24)45(43,44)26-7-8-26/h9,12,15-20,25-26H,5-8,10-11,13-14,21H2,1-2H3,(H,33,34,37,38). The molecular weight excluding hydrogens is 595 g/mol. The van der Waals surface area contributed by atoms with Crippen LogP contribution in [-0.2, 0) is 10.0 Å². The van der Waals surface area contributed by atoms with Crippen molar-refractivity contribution in [2.45, 2.75) is 55.5 Å². The second-order valence-electron chi connectivity index (χ2n) is 12.4. The number of halogens is 1. The monoisotopic (exact) mass is 630 g/mol. The Hall–Kier alpha value is -4.35. The molecule has 3 fully saturated rings. The van der Waals surface area contributed by atoms with Gasteiger partial charge in [0.1, 0.15) is 17.3 Å². The van der Waals surface area contributed by atoms with E-state index < -0.39 is 15.7 Å². The Morgan fingerprint density at radius 2 is 1.82 bits per heavy atom. The first-order valence-electron chi connectivity index (χ1n) is 15.2. The number of nitrogens with one attached hydrogen (secondary N) is 1. The summed E-state index contributed by atoms with van der Waals surface area (Å²) in [5, 5.41) is 11.4. The largest absolute Gasteiger partial charge is 0.370 e. The minimum atomic E-state index is -3.49. The molecule has 0 bridgehead atoms. The summed E-state index contributed by atoms with van der Waals surface area (Å²) in [5.74, 6) is 7.87. The number of hydrogen-bond acceptors (Lipinski definition) is 10. The van der Waals surface area contributed by atoms with Crippen molar-refractivity contribution in [3.63, 3.8) is 0 Å². The van der Waals surface area contributed by atoms with E-state index in [1.54, 1.807) is 24.7 Å². The lowest BCUT2D eigenvalue weighted by molar-refractivity contribution is 0.0880. The van der Waals surface area contributed by atoms with E-state index in [-0.39, 0.29) is 5.25 Å². The highest BCUT2D eigenvalue weighted by Crippen LogP contribution is 2.35. The second kappa shape index (κ2) is 11.5. The zero-order chi connectivity index (χ0) is 31.2. The van der Waals surface area contributed by atoms with Gasteiger partial charge in [0.15, 0.2) is 5.82 Å². The molecule has 4 aromatic rings. The van der Waals surface area contributed by atoms with Gasteiger partial charge in [-0.15, -0.1) is 0 Å². The topological polar surface area (TPSA) is 127 Å². The summed E-state index contributed by atoms with van der Waals surface area (Å²) in [6.07, 6.45) is 14.4. The summed E-state index contributed by atoms with van der Waals surface area (Å²) in [5.41, 5.74) is 1.70. The van der Waals surface area contributed by atoms with Crippen LogP contribution in [-0.4, -0.2) is 91.9 Å². The van der Waals surface area contributed by atoms with Crippen molar-refractivity contribution in [1.29, 1.82) is 0 Å². The van der Waals surface area contributed by atoms with Crippen LogP contribution in [0.2, 0.25) is 0 Å². The van der Waals surface area contributed by atoms with E-state index in [1.165, 1.54) is 12.4 Å². The quantitative estimate of drug-likeness (QED) is 0.274. The molecule has 0 atom stereocenters. The number of alkyl halides is 1. The van der Waals surface area contributed by atoms with Gasteiger partial charge >= 0.3 is 0 Å². The minimum absolute atomic E-state index is 0.336. The predicted octanol–water partition coefficient (Wildman–Crippen LogP) is 3.62. The number of aromatic nitrogens is 7. The maximum Gasteiger partial charge on any atom is 0.256 e. The van der Waals surface area contributed by atoms with Crippen LogP contribution in [0.15, 0.2) is 49.3 Å². The molecule has 1 N–H and O–H groups in total. The van der Waals surface area contributed by atoms with E-state index >= 15 is 4.39 Å². The Labute approximate surface area is 261 Å². The number of hydrogen-bond donors (Lipinski definition) is 1. The van der Waals surface area contributed by atoms with Crippen molar-refractivity contribution in [2.24, 2.45) is 0 Å². The van der Waals surface area contributed by atoms with E-state index in [9.17, 15) is 8.42 Å². The Balaban J connectivity index is 1.14. The van der Waals surface area contributed by atoms with Gasteiger partial charge in [-0.3, -0.25) is 4.68 Å². The van der Waals surface area contributed by atoms with Crippen LogP contribution < -0.4 is 10.2 Å². The molecule has 7 rings (SSSR count). The third-order valence-electron chi connectivity index (χ3n) is 8.28. The van der Waals surface area contributed by atoms with Crippen molar-refractivity contribution in [2.75, 3.05) is 43.9 Å². The van der Waals surface area contributed by atoms with Crippen molar-refractivity contribution < 1.29 is 12.8 Å². The highest BCUT2D eigenvalue weighted by molar-refractivity contribution is 7.90. The third kappa shape index (κ3) is 6.55. The Morgan fingerprint density at radius 3 is 2.56 bits per heavy atom. The van der Waals surface area contributed by atoms with Crippen LogP contribution in [0.5, 0.6) is 0 Å². The fourth-order valence-electron chi connectivity index (χ4n) is 5.60. The third-order valence-corrected chi connectivity index (χ3v) is 10.3. The molecule has 4 aromatic heterocycles. The van der Waals surface area contributed by atoms with Crippen molar-refractivity contribution in [3.8, 4) is 23.2 Å². The maximum atomic E-state index is 15.5. The maximum absolute atomic E-state index is 15.5. The van der Waals surface area contributed by atoms with Crippen molar-refractivity contribution in [1.82, 2.24) is 38.8 Å². The molecule has 1 saturated heterocycles. The first-order valence-corrected chi connectivity index (χ1v) is 16.7. The summed E-state index contributed by atoms with van der Waals surface area (Å²) >= 11 is 0. The fourth-order valence-corrected chi connectivity index (χ4v) is 7.08. The van der Waals surface area contributed by atoms with Crippen LogP contribution in [0.3, 0.4) is 0 Å². The van der Waals surface area contributed by atoms with Crippen LogP contribution in [0.4, 0.5) is 21.7 Å². The molecule has 0 spiro atoms. The second-order valence-corrected chi connectivity index (χ2v) is 14.5. The molecule has 2 aliphatic carbocycles. The molecule has 0 amide bonds. The van der Waals surface area contributed by atoms with Crippen LogP contribution in [0, 0.1) is 11.8 Å². The number of pyridine rings is 1. The van der Waals surface area contributed by atoms with Gasteiger partial charge in [-0.25, -0.2) is 27.8 Å². The fraction of sp³-hybridized carbons (Fsp3) is 0.452. The number of rotatable bonds is 9. The lowest BCUT2D eigenvalue weighted by Crippen LogP contribution is -2.47. The van der Waals surface area contributed by atoms with Gasteiger partial charge in [0.2, 0.25) is 0 Å². The average molecular weight is 631 g/mol. The number of anilines is 3. The molecule has 14 heteroatoms. The van der Waals surface area contributed by atoms with Gasteiger partial charge in [0, 0.05) is 57.1 Å². The zero-order valence-electron chi connectivity index (χ0n) is 25.3. The summed E-state index contributed by atoms with van der Waals surface area (Å²) < 4.78 is 43.7. The normalized spacial score (nSPS) is 18.1. The molecule has 0 aromatic carbocycles. The summed E-state index contributed by atoms with van der Waals surface area (Å²) in [7, 11) is 0.305. The number of nitrogens with zero attached hydrogens (tertiary/aromatic N) is 9. The Bertz CT molecular complexity index is 1880. The van der Waals surface area contributed by atoms with Crippen molar-refractivity contribution >= 4 is 27.3 Å². The molecule has 45 heavy (non-hydrogen) atoms. The van der Waals surface area contributed by atoms with Gasteiger partial charge in [0.25, 0.3) is 10.0 Å². The SMILES string of the molecule is CN(C)CC1(F)CCN(c2cc(Nc3ccnc(-c4cnn(S(=O)(=O)C5CC5)c4)n3)ncc2C#Cc2cnn(C3CC3)c2)CC1. The van der Waals surface area contributed by atoms with Gasteiger partial charge in [-0.1, -0.05) is 11.8 Å². The van der Waals surface area contributed by atoms with Crippen LogP contribution >= 0.6 is 0 Å². The van der Waals surface area contributed by atoms with Gasteiger partial charge in [0.05, 0.1) is 52.3 Å². The molecule has 3 aliphatic rings. The lowest BCUT2D eigenvalue weighted by atomic mass is 9.92. The average Bonchev–Trinajstić information content (AvgIpc) is 3.95. The van der Waals surface area contributed by atoms with Crippen molar-refractivity contribution in [3.05, 3.63) is 60.4 Å². The molecule has 5 heterocycles. The molecule has 1 aliphatic heterocycles. The smallest absolute Gasteiger partial charge is 0.256 e. The Kier molecular flexibility index (Phi) is 7.53. The Morgan fingerprint density at radius 1 is 1.02 bits per heavy atom. The highest BCUT2D eigenvalue weighted by Gasteiger charge is 2.38. The molecule has 234 valence electrons. The predicted molar refractivity (Wildman–Crippen MR) is 168 cm³/mol. The van der Waals surface area contributed by atoms with Crippen LogP contribution in [0.25, 0.3) is 11.4 Å². The van der Waals surface area contributed by atoms with E-state index in [2.05, 4.69) is 47.2 Å². The highest BCUT2D eigenvalue weighted by atomic mass is 32.2. The molecular formula is C31H35FN10O2S. The van der Waals surface area contributed by atoms with Gasteiger partial charge < -0.3 is 15.1 Å². The zero-order valence-corrected chi connectivity index (χ0v) is 26.1. The summed E-state index contributed by atoms with van der Waals surface area (Å²) in [4.78, 5) is 17.6. The number of piperidine rings is 1. The van der Waals surface area contributed by atoms with Gasteiger partial charge in [-0.05, 0) is 45.8 Å². The first kappa shape index (κ1) is 29.4. The molecule has 0 unspecified atom stereocenters. The molecule has 2 saturated carbocycles. The van der Waals surface area contributed by atoms with E-state index in [0.717, 1.165) is 33.7 Å². The molecule has 0 radical (unpaired) electrons. The van der Waals surface area contributed by atoms with Gasteiger partial charge in [-0.2, -0.15) is 14.3 Å².